The smallest absolute Gasteiger partial charge is 0.253 e. The van der Waals surface area contributed by atoms with Gasteiger partial charge in [-0.3, -0.25) is 4.79 Å². The fourth-order valence-corrected chi connectivity index (χ4v) is 2.69. The standard InChI is InChI=1S/C19H22ClNO2/c1-13(2)12-18(14-8-10-15(23-3)11-9-14)21-19(22)16-6-4-5-7-17(16)20/h4-11,13,18H,12H2,1-3H3,(H,21,22). The summed E-state index contributed by atoms with van der Waals surface area (Å²) in [5.74, 6) is 1.10. The second-order valence-corrected chi connectivity index (χ2v) is 6.32. The molecule has 0 radical (unpaired) electrons. The lowest BCUT2D eigenvalue weighted by atomic mass is 9.96. The number of amides is 1. The first-order valence-corrected chi connectivity index (χ1v) is 8.08. The number of nitrogens with one attached hydrogen (secondary N) is 1. The molecule has 0 heterocycles. The number of carbonyl (C=O) groups is 1. The van der Waals surface area contributed by atoms with Crippen molar-refractivity contribution in [1.29, 1.82) is 0 Å². The van der Waals surface area contributed by atoms with Gasteiger partial charge in [-0.1, -0.05) is 49.7 Å². The van der Waals surface area contributed by atoms with E-state index in [1.54, 1.807) is 19.2 Å². The molecule has 23 heavy (non-hydrogen) atoms. The minimum atomic E-state index is -0.155. The number of carbonyl (C=O) groups excluding carboxylic acids is 1. The van der Waals surface area contributed by atoms with Crippen LogP contribution in [0.4, 0.5) is 0 Å². The Morgan fingerprint density at radius 1 is 1.13 bits per heavy atom. The molecule has 1 amide bonds. The zero-order chi connectivity index (χ0) is 16.8. The van der Waals surface area contributed by atoms with Crippen molar-refractivity contribution >= 4 is 17.5 Å². The Morgan fingerprint density at radius 2 is 1.78 bits per heavy atom. The molecular weight excluding hydrogens is 310 g/mol. The Bertz CT molecular complexity index is 653. The van der Waals surface area contributed by atoms with Gasteiger partial charge in [0.05, 0.1) is 23.7 Å². The monoisotopic (exact) mass is 331 g/mol. The highest BCUT2D eigenvalue weighted by molar-refractivity contribution is 6.33. The molecule has 0 bridgehead atoms. The first-order chi connectivity index (χ1) is 11.0. The summed E-state index contributed by atoms with van der Waals surface area (Å²) in [6.07, 6.45) is 0.850. The zero-order valence-electron chi connectivity index (χ0n) is 13.7. The quantitative estimate of drug-likeness (QED) is 0.820. The van der Waals surface area contributed by atoms with Gasteiger partial charge in [-0.05, 0) is 42.2 Å². The van der Waals surface area contributed by atoms with Crippen LogP contribution in [0.5, 0.6) is 5.75 Å². The summed E-state index contributed by atoms with van der Waals surface area (Å²) in [4.78, 5) is 12.5. The van der Waals surface area contributed by atoms with Gasteiger partial charge in [-0.2, -0.15) is 0 Å². The first-order valence-electron chi connectivity index (χ1n) is 7.70. The average molecular weight is 332 g/mol. The molecule has 122 valence electrons. The minimum absolute atomic E-state index is 0.0651. The zero-order valence-corrected chi connectivity index (χ0v) is 14.4. The Hall–Kier alpha value is -2.00. The number of hydrogen-bond donors (Lipinski definition) is 1. The summed E-state index contributed by atoms with van der Waals surface area (Å²) >= 11 is 6.12. The summed E-state index contributed by atoms with van der Waals surface area (Å²) in [5, 5.41) is 3.56. The molecule has 1 atom stereocenters. The summed E-state index contributed by atoms with van der Waals surface area (Å²) in [6.45, 7) is 4.27. The fraction of sp³-hybridized carbons (Fsp3) is 0.316. The minimum Gasteiger partial charge on any atom is -0.497 e. The average Bonchev–Trinajstić information content (AvgIpc) is 2.54. The topological polar surface area (TPSA) is 38.3 Å². The van der Waals surface area contributed by atoms with E-state index in [0.29, 0.717) is 16.5 Å². The van der Waals surface area contributed by atoms with Crippen LogP contribution < -0.4 is 10.1 Å². The molecule has 0 aliphatic carbocycles. The molecule has 0 saturated heterocycles. The molecule has 0 aromatic heterocycles. The van der Waals surface area contributed by atoms with E-state index in [9.17, 15) is 4.79 Å². The van der Waals surface area contributed by atoms with Crippen LogP contribution in [-0.4, -0.2) is 13.0 Å². The van der Waals surface area contributed by atoms with Crippen molar-refractivity contribution in [3.05, 3.63) is 64.7 Å². The molecule has 2 aromatic carbocycles. The Balaban J connectivity index is 2.21. The molecule has 0 fully saturated rings. The van der Waals surface area contributed by atoms with E-state index in [0.717, 1.165) is 17.7 Å². The van der Waals surface area contributed by atoms with Gasteiger partial charge in [0.1, 0.15) is 5.75 Å². The van der Waals surface area contributed by atoms with Crippen LogP contribution >= 0.6 is 11.6 Å². The maximum atomic E-state index is 12.5. The van der Waals surface area contributed by atoms with Crippen LogP contribution in [-0.2, 0) is 0 Å². The number of hydrogen-bond acceptors (Lipinski definition) is 2. The summed E-state index contributed by atoms with van der Waals surface area (Å²) in [7, 11) is 1.64. The van der Waals surface area contributed by atoms with Gasteiger partial charge in [-0.15, -0.1) is 0 Å². The van der Waals surface area contributed by atoms with Crippen LogP contribution in [0.3, 0.4) is 0 Å². The lowest BCUT2D eigenvalue weighted by Crippen LogP contribution is -2.29. The molecule has 3 nitrogen and oxygen atoms in total. The van der Waals surface area contributed by atoms with Gasteiger partial charge in [-0.25, -0.2) is 0 Å². The lowest BCUT2D eigenvalue weighted by molar-refractivity contribution is 0.0932. The van der Waals surface area contributed by atoms with Crippen LogP contribution in [0.15, 0.2) is 48.5 Å². The Labute approximate surface area is 142 Å². The van der Waals surface area contributed by atoms with Gasteiger partial charge in [0, 0.05) is 0 Å². The van der Waals surface area contributed by atoms with E-state index in [4.69, 9.17) is 16.3 Å². The van der Waals surface area contributed by atoms with E-state index >= 15 is 0 Å². The highest BCUT2D eigenvalue weighted by atomic mass is 35.5. The van der Waals surface area contributed by atoms with E-state index in [-0.39, 0.29) is 11.9 Å². The number of rotatable bonds is 6. The molecule has 1 unspecified atom stereocenters. The third kappa shape index (κ3) is 4.73. The SMILES string of the molecule is COc1ccc(C(CC(C)C)NC(=O)c2ccccc2Cl)cc1. The van der Waals surface area contributed by atoms with Crippen molar-refractivity contribution in [3.63, 3.8) is 0 Å². The molecule has 0 saturated carbocycles. The van der Waals surface area contributed by atoms with Gasteiger partial charge in [0.25, 0.3) is 5.91 Å². The molecule has 2 rings (SSSR count). The maximum absolute atomic E-state index is 12.5. The molecular formula is C19H22ClNO2. The van der Waals surface area contributed by atoms with Crippen molar-refractivity contribution < 1.29 is 9.53 Å². The largest absolute Gasteiger partial charge is 0.497 e. The predicted molar refractivity (Wildman–Crippen MR) is 94.1 cm³/mol. The summed E-state index contributed by atoms with van der Waals surface area (Å²) in [6, 6.07) is 14.8. The molecule has 4 heteroatoms. The van der Waals surface area contributed by atoms with Crippen molar-refractivity contribution in [3.8, 4) is 5.75 Å². The van der Waals surface area contributed by atoms with E-state index in [1.165, 1.54) is 0 Å². The van der Waals surface area contributed by atoms with Gasteiger partial charge in [0.15, 0.2) is 0 Å². The number of benzene rings is 2. The highest BCUT2D eigenvalue weighted by Crippen LogP contribution is 2.25. The van der Waals surface area contributed by atoms with E-state index < -0.39 is 0 Å². The van der Waals surface area contributed by atoms with Crippen molar-refractivity contribution in [2.75, 3.05) is 7.11 Å². The van der Waals surface area contributed by atoms with Crippen molar-refractivity contribution in [2.45, 2.75) is 26.3 Å². The molecule has 0 aliphatic heterocycles. The second kappa shape index (κ2) is 8.02. The molecule has 0 aliphatic rings. The molecule has 1 N–H and O–H groups in total. The summed E-state index contributed by atoms with van der Waals surface area (Å²) < 4.78 is 5.19. The van der Waals surface area contributed by atoms with Crippen LogP contribution in [0.25, 0.3) is 0 Å². The van der Waals surface area contributed by atoms with Crippen LogP contribution in [0.2, 0.25) is 5.02 Å². The van der Waals surface area contributed by atoms with E-state index in [1.807, 2.05) is 36.4 Å². The van der Waals surface area contributed by atoms with Gasteiger partial charge in [0.2, 0.25) is 0 Å². The fourth-order valence-electron chi connectivity index (χ4n) is 2.47. The maximum Gasteiger partial charge on any atom is 0.253 e. The second-order valence-electron chi connectivity index (χ2n) is 5.91. The number of halogens is 1. The predicted octanol–water partition coefficient (Wildman–Crippen LogP) is 4.87. The molecule has 2 aromatic rings. The van der Waals surface area contributed by atoms with Crippen molar-refractivity contribution in [1.82, 2.24) is 5.32 Å². The number of ether oxygens (including phenoxy) is 1. The third-order valence-corrected chi connectivity index (χ3v) is 3.98. The first kappa shape index (κ1) is 17.4. The molecule has 0 spiro atoms. The van der Waals surface area contributed by atoms with E-state index in [2.05, 4.69) is 19.2 Å². The highest BCUT2D eigenvalue weighted by Gasteiger charge is 2.18. The normalized spacial score (nSPS) is 12.0. The van der Waals surface area contributed by atoms with Crippen LogP contribution in [0, 0.1) is 5.92 Å². The van der Waals surface area contributed by atoms with Gasteiger partial charge >= 0.3 is 0 Å². The van der Waals surface area contributed by atoms with Gasteiger partial charge < -0.3 is 10.1 Å². The van der Waals surface area contributed by atoms with Crippen molar-refractivity contribution in [2.24, 2.45) is 5.92 Å². The summed E-state index contributed by atoms with van der Waals surface area (Å²) in [5.41, 5.74) is 1.55. The third-order valence-electron chi connectivity index (χ3n) is 3.65. The Morgan fingerprint density at radius 3 is 2.35 bits per heavy atom. The van der Waals surface area contributed by atoms with Crippen LogP contribution in [0.1, 0.15) is 42.2 Å². The lowest BCUT2D eigenvalue weighted by Gasteiger charge is -2.21. The number of methoxy groups -OCH3 is 1. The Kier molecular flexibility index (Phi) is 6.05.